The van der Waals surface area contributed by atoms with Crippen LogP contribution in [0.4, 0.5) is 11.4 Å². The highest BCUT2D eigenvalue weighted by molar-refractivity contribution is 5.95. The highest BCUT2D eigenvalue weighted by atomic mass is 16.6. The highest BCUT2D eigenvalue weighted by Gasteiger charge is 2.29. The average molecular weight is 361 g/mol. The molecule has 0 N–H and O–H groups in total. The molecule has 1 saturated heterocycles. The third kappa shape index (κ3) is 3.79. The van der Waals surface area contributed by atoms with Crippen molar-refractivity contribution in [1.29, 1.82) is 0 Å². The maximum Gasteiger partial charge on any atom is 0.344 e. The Morgan fingerprint density at radius 2 is 2.04 bits per heavy atom. The van der Waals surface area contributed by atoms with Crippen LogP contribution >= 0.6 is 0 Å². The van der Waals surface area contributed by atoms with Gasteiger partial charge in [-0.1, -0.05) is 12.8 Å². The Bertz CT molecular complexity index is 715. The van der Waals surface area contributed by atoms with Gasteiger partial charge in [0.25, 0.3) is 5.69 Å². The molecule has 26 heavy (non-hydrogen) atoms. The number of esters is 1. The second kappa shape index (κ2) is 7.72. The van der Waals surface area contributed by atoms with Crippen LogP contribution in [0.3, 0.4) is 0 Å². The summed E-state index contributed by atoms with van der Waals surface area (Å²) in [5, 5.41) is 11.1. The number of nitrogens with zero attached hydrogens (tertiary/aromatic N) is 3. The first-order chi connectivity index (χ1) is 12.5. The minimum absolute atomic E-state index is 0.0566. The Labute approximate surface area is 151 Å². The van der Waals surface area contributed by atoms with Crippen molar-refractivity contribution in [2.75, 3.05) is 38.2 Å². The molecule has 8 nitrogen and oxygen atoms in total. The summed E-state index contributed by atoms with van der Waals surface area (Å²) in [4.78, 5) is 38.6. The number of benzene rings is 1. The van der Waals surface area contributed by atoms with Crippen molar-refractivity contribution >= 4 is 23.3 Å². The van der Waals surface area contributed by atoms with Crippen molar-refractivity contribution in [3.8, 4) is 0 Å². The minimum Gasteiger partial charge on any atom is -0.465 e. The summed E-state index contributed by atoms with van der Waals surface area (Å²) in [7, 11) is 1.18. The van der Waals surface area contributed by atoms with Gasteiger partial charge in [0.05, 0.1) is 18.6 Å². The first kappa shape index (κ1) is 18.2. The molecule has 1 aliphatic carbocycles. The molecule has 2 fully saturated rings. The van der Waals surface area contributed by atoms with Gasteiger partial charge >= 0.3 is 5.97 Å². The van der Waals surface area contributed by atoms with E-state index >= 15 is 0 Å². The van der Waals surface area contributed by atoms with Gasteiger partial charge in [0.2, 0.25) is 5.91 Å². The average Bonchev–Trinajstić information content (AvgIpc) is 3.15. The maximum absolute atomic E-state index is 12.5. The Morgan fingerprint density at radius 1 is 1.31 bits per heavy atom. The zero-order chi connectivity index (χ0) is 18.7. The van der Waals surface area contributed by atoms with Crippen molar-refractivity contribution in [1.82, 2.24) is 4.90 Å². The molecular weight excluding hydrogens is 338 g/mol. The fourth-order valence-electron chi connectivity index (χ4n) is 3.78. The Morgan fingerprint density at radius 3 is 2.65 bits per heavy atom. The molecule has 0 radical (unpaired) electrons. The second-order valence-electron chi connectivity index (χ2n) is 6.86. The third-order valence-corrected chi connectivity index (χ3v) is 5.22. The van der Waals surface area contributed by atoms with Crippen molar-refractivity contribution in [3.63, 3.8) is 0 Å². The lowest BCUT2D eigenvalue weighted by molar-refractivity contribution is -0.385. The molecule has 1 heterocycles. The van der Waals surface area contributed by atoms with Crippen LogP contribution in [0.5, 0.6) is 0 Å². The van der Waals surface area contributed by atoms with E-state index in [1.165, 1.54) is 44.9 Å². The molecular formula is C18H23N3O5. The van der Waals surface area contributed by atoms with Crippen LogP contribution in [0.15, 0.2) is 18.2 Å². The molecule has 1 amide bonds. The maximum atomic E-state index is 12.5. The first-order valence-electron chi connectivity index (χ1n) is 8.89. The summed E-state index contributed by atoms with van der Waals surface area (Å²) < 4.78 is 4.64. The molecule has 140 valence electrons. The van der Waals surface area contributed by atoms with E-state index in [1.54, 1.807) is 6.07 Å². The van der Waals surface area contributed by atoms with Crippen molar-refractivity contribution in [2.45, 2.75) is 25.7 Å². The monoisotopic (exact) mass is 361 g/mol. The number of carbonyl (C=O) groups excluding carboxylic acids is 2. The van der Waals surface area contributed by atoms with E-state index in [1.807, 2.05) is 9.80 Å². The van der Waals surface area contributed by atoms with Gasteiger partial charge < -0.3 is 14.5 Å². The zero-order valence-electron chi connectivity index (χ0n) is 14.8. The largest absolute Gasteiger partial charge is 0.465 e. The number of amides is 1. The Hall–Kier alpha value is -2.64. The van der Waals surface area contributed by atoms with Crippen molar-refractivity contribution in [3.05, 3.63) is 33.9 Å². The molecule has 1 saturated carbocycles. The zero-order valence-corrected chi connectivity index (χ0v) is 14.8. The first-order valence-corrected chi connectivity index (χ1v) is 8.89. The summed E-state index contributed by atoms with van der Waals surface area (Å²) in [6.07, 6.45) is 4.88. The van der Waals surface area contributed by atoms with Crippen LogP contribution in [0, 0.1) is 16.0 Å². The normalized spacial score (nSPS) is 18.3. The van der Waals surface area contributed by atoms with Crippen LogP contribution in [0.25, 0.3) is 0 Å². The van der Waals surface area contributed by atoms with Crippen LogP contribution < -0.4 is 4.90 Å². The van der Waals surface area contributed by atoms with Gasteiger partial charge in [-0.25, -0.2) is 4.79 Å². The van der Waals surface area contributed by atoms with E-state index in [2.05, 4.69) is 4.74 Å². The molecule has 0 spiro atoms. The number of rotatable bonds is 5. The molecule has 3 rings (SSSR count). The number of ether oxygens (including phenoxy) is 1. The van der Waals surface area contributed by atoms with E-state index in [0.29, 0.717) is 24.7 Å². The van der Waals surface area contributed by atoms with Gasteiger partial charge in [-0.3, -0.25) is 14.9 Å². The van der Waals surface area contributed by atoms with Crippen LogP contribution in [0.2, 0.25) is 0 Å². The number of nitro benzene ring substituents is 1. The number of nitro groups is 1. The number of hydrogen-bond acceptors (Lipinski definition) is 6. The molecule has 1 aromatic rings. The summed E-state index contributed by atoms with van der Waals surface area (Å²) in [5.74, 6) is -0.0957. The number of carbonyl (C=O) groups is 2. The van der Waals surface area contributed by atoms with Gasteiger partial charge in [-0.15, -0.1) is 0 Å². The molecule has 0 atom stereocenters. The predicted molar refractivity (Wildman–Crippen MR) is 95.2 cm³/mol. The lowest BCUT2D eigenvalue weighted by Gasteiger charge is -2.36. The highest BCUT2D eigenvalue weighted by Crippen LogP contribution is 2.28. The Kier molecular flexibility index (Phi) is 5.39. The van der Waals surface area contributed by atoms with Gasteiger partial charge in [-0.05, 0) is 30.9 Å². The van der Waals surface area contributed by atoms with Crippen LogP contribution in [0.1, 0.15) is 36.0 Å². The fourth-order valence-corrected chi connectivity index (χ4v) is 3.78. The smallest absolute Gasteiger partial charge is 0.344 e. The molecule has 0 unspecified atom stereocenters. The number of piperazine rings is 1. The van der Waals surface area contributed by atoms with Gasteiger partial charge in [0.15, 0.2) is 0 Å². The third-order valence-electron chi connectivity index (χ3n) is 5.22. The molecule has 8 heteroatoms. The topological polar surface area (TPSA) is 93.0 Å². The summed E-state index contributed by atoms with van der Waals surface area (Å²) >= 11 is 0. The van der Waals surface area contributed by atoms with Crippen LogP contribution in [-0.4, -0.2) is 55.0 Å². The van der Waals surface area contributed by atoms with E-state index in [9.17, 15) is 19.7 Å². The molecule has 2 aliphatic rings. The molecule has 0 aromatic heterocycles. The standard InChI is InChI=1S/C18H23N3O5/c1-26-18(23)15-10-14(6-7-16(15)21(24)25)19-8-9-20(17(22)12-19)11-13-4-2-3-5-13/h6-7,10,13H,2-5,8-9,11-12H2,1H3. The molecule has 1 aromatic carbocycles. The van der Waals surface area contributed by atoms with Gasteiger partial charge in [0.1, 0.15) is 5.56 Å². The van der Waals surface area contributed by atoms with E-state index in [-0.39, 0.29) is 23.7 Å². The van der Waals surface area contributed by atoms with Crippen molar-refractivity contribution in [2.24, 2.45) is 5.92 Å². The van der Waals surface area contributed by atoms with Crippen LogP contribution in [-0.2, 0) is 9.53 Å². The number of anilines is 1. The lowest BCUT2D eigenvalue weighted by atomic mass is 10.1. The van der Waals surface area contributed by atoms with Crippen molar-refractivity contribution < 1.29 is 19.2 Å². The Balaban J connectivity index is 1.72. The summed E-state index contributed by atoms with van der Waals surface area (Å²) in [6.45, 7) is 2.29. The SMILES string of the molecule is COC(=O)c1cc(N2CCN(CC3CCCC3)C(=O)C2)ccc1[N+](=O)[O-]. The fraction of sp³-hybridized carbons (Fsp3) is 0.556. The summed E-state index contributed by atoms with van der Waals surface area (Å²) in [6, 6.07) is 4.30. The van der Waals surface area contributed by atoms with Gasteiger partial charge in [0, 0.05) is 31.4 Å². The summed E-state index contributed by atoms with van der Waals surface area (Å²) in [5.41, 5.74) is 0.215. The van der Waals surface area contributed by atoms with E-state index in [4.69, 9.17) is 0 Å². The van der Waals surface area contributed by atoms with E-state index in [0.717, 1.165) is 6.54 Å². The number of methoxy groups -OCH3 is 1. The quantitative estimate of drug-likeness (QED) is 0.453. The lowest BCUT2D eigenvalue weighted by Crippen LogP contribution is -2.51. The molecule has 1 aliphatic heterocycles. The number of hydrogen-bond donors (Lipinski definition) is 0. The second-order valence-corrected chi connectivity index (χ2v) is 6.86. The molecule has 0 bridgehead atoms. The van der Waals surface area contributed by atoms with E-state index < -0.39 is 10.9 Å². The minimum atomic E-state index is -0.759. The predicted octanol–water partition coefficient (Wildman–Crippen LogP) is 2.22. The van der Waals surface area contributed by atoms with Gasteiger partial charge in [-0.2, -0.15) is 0 Å².